The molecule has 132 valence electrons. The number of benzene rings is 2. The molecule has 1 aromatic heterocycles. The number of aromatic carboxylic acids is 1. The van der Waals surface area contributed by atoms with E-state index in [1.54, 1.807) is 19.1 Å². The van der Waals surface area contributed by atoms with Crippen LogP contribution in [0.5, 0.6) is 0 Å². The molecule has 0 aliphatic heterocycles. The molecule has 0 atom stereocenters. The monoisotopic (exact) mass is 403 g/mol. The molecule has 0 saturated carbocycles. The number of anilines is 1. The van der Waals surface area contributed by atoms with Gasteiger partial charge in [0.2, 0.25) is 0 Å². The van der Waals surface area contributed by atoms with Gasteiger partial charge < -0.3 is 15.2 Å². The standard InChI is InChI=1S/C18H13ClN2O3S2/c1-9-10(17(23)24)6-4-7-12(9)20-18(25)21-16(22)15-14(19)11-5-2-3-8-13(11)26-15/h2-8H,1H3,(H,23,24)(H2,20,21,22,25)/p-1. The van der Waals surface area contributed by atoms with E-state index in [4.69, 9.17) is 23.8 Å². The first-order valence-electron chi connectivity index (χ1n) is 7.49. The van der Waals surface area contributed by atoms with E-state index in [9.17, 15) is 14.7 Å². The number of hydrogen-bond acceptors (Lipinski definition) is 5. The van der Waals surface area contributed by atoms with Crippen molar-refractivity contribution in [2.75, 3.05) is 5.32 Å². The summed E-state index contributed by atoms with van der Waals surface area (Å²) in [6.07, 6.45) is 0. The van der Waals surface area contributed by atoms with Crippen molar-refractivity contribution in [2.45, 2.75) is 6.92 Å². The molecule has 8 heteroatoms. The van der Waals surface area contributed by atoms with Crippen molar-refractivity contribution in [1.82, 2.24) is 5.32 Å². The highest BCUT2D eigenvalue weighted by Gasteiger charge is 2.18. The second kappa shape index (κ2) is 7.41. The molecule has 0 radical (unpaired) electrons. The molecule has 0 fully saturated rings. The Kier molecular flexibility index (Phi) is 5.22. The molecule has 2 N–H and O–H groups in total. The summed E-state index contributed by atoms with van der Waals surface area (Å²) in [7, 11) is 0. The number of fused-ring (bicyclic) bond motifs is 1. The first kappa shape index (κ1) is 18.3. The Bertz CT molecular complexity index is 1050. The Hall–Kier alpha value is -2.48. The predicted molar refractivity (Wildman–Crippen MR) is 106 cm³/mol. The smallest absolute Gasteiger partial charge is 0.269 e. The first-order valence-corrected chi connectivity index (χ1v) is 9.09. The van der Waals surface area contributed by atoms with Gasteiger partial charge >= 0.3 is 0 Å². The Balaban J connectivity index is 1.78. The average molecular weight is 404 g/mol. The molecule has 5 nitrogen and oxygen atoms in total. The number of carbonyl (C=O) groups is 2. The first-order chi connectivity index (χ1) is 12.4. The van der Waals surface area contributed by atoms with Crippen LogP contribution in [-0.2, 0) is 0 Å². The van der Waals surface area contributed by atoms with Crippen LogP contribution in [0.1, 0.15) is 25.6 Å². The summed E-state index contributed by atoms with van der Waals surface area (Å²) in [6, 6.07) is 12.1. The Morgan fingerprint density at radius 2 is 1.88 bits per heavy atom. The number of carbonyl (C=O) groups excluding carboxylic acids is 2. The van der Waals surface area contributed by atoms with Crippen LogP contribution in [0.3, 0.4) is 0 Å². The normalized spacial score (nSPS) is 10.5. The number of thiocarbonyl (C=S) groups is 1. The van der Waals surface area contributed by atoms with Gasteiger partial charge in [-0.25, -0.2) is 0 Å². The lowest BCUT2D eigenvalue weighted by Crippen LogP contribution is -2.34. The lowest BCUT2D eigenvalue weighted by molar-refractivity contribution is -0.255. The summed E-state index contributed by atoms with van der Waals surface area (Å²) in [4.78, 5) is 23.9. The third kappa shape index (κ3) is 3.55. The van der Waals surface area contributed by atoms with Gasteiger partial charge in [0.1, 0.15) is 4.88 Å². The quantitative estimate of drug-likeness (QED) is 0.655. The highest BCUT2D eigenvalue weighted by Crippen LogP contribution is 2.35. The van der Waals surface area contributed by atoms with E-state index in [0.717, 1.165) is 10.1 Å². The van der Waals surface area contributed by atoms with Crippen molar-refractivity contribution in [2.24, 2.45) is 0 Å². The topological polar surface area (TPSA) is 81.3 Å². The van der Waals surface area contributed by atoms with Crippen molar-refractivity contribution in [3.63, 3.8) is 0 Å². The molecule has 1 amide bonds. The van der Waals surface area contributed by atoms with Gasteiger partial charge in [-0.1, -0.05) is 41.9 Å². The van der Waals surface area contributed by atoms with Crippen molar-refractivity contribution in [3.8, 4) is 0 Å². The van der Waals surface area contributed by atoms with Gasteiger partial charge in [0.25, 0.3) is 5.91 Å². The molecule has 0 saturated heterocycles. The third-order valence-corrected chi connectivity index (χ3v) is 5.65. The maximum atomic E-state index is 12.5. The Labute approximate surface area is 163 Å². The average Bonchev–Trinajstić information content (AvgIpc) is 2.94. The highest BCUT2D eigenvalue weighted by molar-refractivity contribution is 7.80. The summed E-state index contributed by atoms with van der Waals surface area (Å²) < 4.78 is 0.902. The molecular weight excluding hydrogens is 392 g/mol. The number of halogens is 1. The number of amides is 1. The van der Waals surface area contributed by atoms with E-state index in [0.29, 0.717) is 21.2 Å². The van der Waals surface area contributed by atoms with E-state index in [2.05, 4.69) is 10.6 Å². The summed E-state index contributed by atoms with van der Waals surface area (Å²) in [5.74, 6) is -1.71. The van der Waals surface area contributed by atoms with Crippen molar-refractivity contribution < 1.29 is 14.7 Å². The van der Waals surface area contributed by atoms with Crippen molar-refractivity contribution in [3.05, 3.63) is 63.5 Å². The maximum absolute atomic E-state index is 12.5. The number of hydrogen-bond donors (Lipinski definition) is 2. The van der Waals surface area contributed by atoms with E-state index in [-0.39, 0.29) is 10.7 Å². The van der Waals surface area contributed by atoms with Gasteiger partial charge in [-0.2, -0.15) is 0 Å². The zero-order chi connectivity index (χ0) is 18.8. The van der Waals surface area contributed by atoms with Crippen molar-refractivity contribution >= 4 is 67.9 Å². The molecule has 3 rings (SSSR count). The molecule has 0 aliphatic rings. The minimum atomic E-state index is -1.28. The highest BCUT2D eigenvalue weighted by atomic mass is 35.5. The number of nitrogens with one attached hydrogen (secondary N) is 2. The van der Waals surface area contributed by atoms with Gasteiger partial charge in [-0.3, -0.25) is 10.1 Å². The van der Waals surface area contributed by atoms with E-state index in [1.165, 1.54) is 17.4 Å². The van der Waals surface area contributed by atoms with Crippen LogP contribution in [0.15, 0.2) is 42.5 Å². The number of rotatable bonds is 3. The lowest BCUT2D eigenvalue weighted by Gasteiger charge is -2.14. The fraction of sp³-hybridized carbons (Fsp3) is 0.0556. The van der Waals surface area contributed by atoms with Gasteiger partial charge in [0.15, 0.2) is 5.11 Å². The molecule has 3 aromatic rings. The number of carboxylic acids is 1. The SMILES string of the molecule is Cc1c(NC(=S)NC(=O)c2sc3ccccc3c2Cl)cccc1C(=O)[O-]. The molecular formula is C18H12ClN2O3S2-. The van der Waals surface area contributed by atoms with Gasteiger partial charge in [-0.05, 0) is 36.8 Å². The van der Waals surface area contributed by atoms with Gasteiger partial charge in [0, 0.05) is 21.3 Å². The van der Waals surface area contributed by atoms with Gasteiger partial charge in [0.05, 0.1) is 11.0 Å². The fourth-order valence-corrected chi connectivity index (χ4v) is 4.08. The predicted octanol–water partition coefficient (Wildman–Crippen LogP) is 3.35. The van der Waals surface area contributed by atoms with E-state index >= 15 is 0 Å². The largest absolute Gasteiger partial charge is 0.545 e. The molecule has 26 heavy (non-hydrogen) atoms. The Morgan fingerprint density at radius 1 is 1.15 bits per heavy atom. The third-order valence-electron chi connectivity index (χ3n) is 3.77. The second-order valence-electron chi connectivity index (χ2n) is 5.42. The molecule has 0 aliphatic carbocycles. The summed E-state index contributed by atoms with van der Waals surface area (Å²) in [5, 5.41) is 17.7. The second-order valence-corrected chi connectivity index (χ2v) is 7.25. The number of thiophene rings is 1. The van der Waals surface area contributed by atoms with Crippen LogP contribution in [0.25, 0.3) is 10.1 Å². The zero-order valence-corrected chi connectivity index (χ0v) is 15.8. The van der Waals surface area contributed by atoms with Gasteiger partial charge in [-0.15, -0.1) is 11.3 Å². The van der Waals surface area contributed by atoms with Crippen LogP contribution < -0.4 is 15.7 Å². The van der Waals surface area contributed by atoms with E-state index in [1.807, 2.05) is 24.3 Å². The molecule has 0 bridgehead atoms. The molecule has 1 heterocycles. The lowest BCUT2D eigenvalue weighted by atomic mass is 10.1. The van der Waals surface area contributed by atoms with Crippen molar-refractivity contribution in [1.29, 1.82) is 0 Å². The van der Waals surface area contributed by atoms with Crippen LogP contribution in [0, 0.1) is 6.92 Å². The summed E-state index contributed by atoms with van der Waals surface area (Å²) in [5.41, 5.74) is 0.986. The van der Waals surface area contributed by atoms with E-state index < -0.39 is 11.9 Å². The molecule has 2 aromatic carbocycles. The fourth-order valence-electron chi connectivity index (χ4n) is 2.47. The summed E-state index contributed by atoms with van der Waals surface area (Å²) >= 11 is 12.7. The molecule has 0 unspecified atom stereocenters. The Morgan fingerprint density at radius 3 is 2.58 bits per heavy atom. The summed E-state index contributed by atoms with van der Waals surface area (Å²) in [6.45, 7) is 1.63. The molecule has 0 spiro atoms. The minimum absolute atomic E-state index is 0.0436. The van der Waals surface area contributed by atoms with Crippen LogP contribution >= 0.6 is 35.2 Å². The number of carboxylic acid groups (broad SMARTS) is 1. The minimum Gasteiger partial charge on any atom is -0.545 e. The zero-order valence-electron chi connectivity index (χ0n) is 13.5. The van der Waals surface area contributed by atoms with Crippen LogP contribution in [0.2, 0.25) is 5.02 Å². The van der Waals surface area contributed by atoms with Crippen LogP contribution in [0.4, 0.5) is 5.69 Å². The van der Waals surface area contributed by atoms with Crippen LogP contribution in [-0.4, -0.2) is 17.0 Å². The maximum Gasteiger partial charge on any atom is 0.269 e.